The van der Waals surface area contributed by atoms with Crippen LogP contribution in [-0.2, 0) is 13.1 Å². The van der Waals surface area contributed by atoms with E-state index in [0.717, 1.165) is 42.6 Å². The van der Waals surface area contributed by atoms with Gasteiger partial charge >= 0.3 is 6.03 Å². The maximum absolute atomic E-state index is 13.3. The molecule has 3 rings (SSSR count). The summed E-state index contributed by atoms with van der Waals surface area (Å²) in [5.74, 6) is 2.48. The molecule has 0 radical (unpaired) electrons. The summed E-state index contributed by atoms with van der Waals surface area (Å²) in [6.45, 7) is 4.94. The third-order valence-corrected chi connectivity index (χ3v) is 5.58. The van der Waals surface area contributed by atoms with Gasteiger partial charge in [-0.1, -0.05) is 31.9 Å². The first-order valence-corrected chi connectivity index (χ1v) is 11.2. The number of carbonyl (C=O) groups is 1. The highest BCUT2D eigenvalue weighted by Gasteiger charge is 2.29. The van der Waals surface area contributed by atoms with Gasteiger partial charge in [0.15, 0.2) is 11.5 Å². The number of urea groups is 1. The minimum Gasteiger partial charge on any atom is -0.496 e. The number of anilines is 1. The standard InChI is InChI=1S/C24H34N4O4/c1-4-5-6-12-32-21-14-23(26-16-22(21)31-3)28-11-7-10-27(24(28)29)17-19-9-8-18(15-25)13-20(19)30-2/h8-9,13-14,16H,4-7,10-12,15,17,25H2,1-3H3. The first-order chi connectivity index (χ1) is 15.6. The molecule has 0 bridgehead atoms. The number of carbonyl (C=O) groups excluding carboxylic acids is 1. The average molecular weight is 443 g/mol. The molecule has 2 amide bonds. The van der Waals surface area contributed by atoms with E-state index >= 15 is 0 Å². The number of ether oxygens (including phenoxy) is 3. The fraction of sp³-hybridized carbons (Fsp3) is 0.500. The van der Waals surface area contributed by atoms with Crippen LogP contribution in [0.1, 0.15) is 43.7 Å². The molecule has 32 heavy (non-hydrogen) atoms. The monoisotopic (exact) mass is 442 g/mol. The predicted molar refractivity (Wildman–Crippen MR) is 124 cm³/mol. The molecule has 2 aromatic rings. The number of hydrogen-bond donors (Lipinski definition) is 1. The first-order valence-electron chi connectivity index (χ1n) is 11.2. The number of hydrogen-bond acceptors (Lipinski definition) is 6. The topological polar surface area (TPSA) is 90.2 Å². The first kappa shape index (κ1) is 23.7. The van der Waals surface area contributed by atoms with E-state index in [0.29, 0.717) is 50.1 Å². The van der Waals surface area contributed by atoms with Crippen molar-refractivity contribution in [1.29, 1.82) is 0 Å². The van der Waals surface area contributed by atoms with Crippen molar-refractivity contribution in [1.82, 2.24) is 9.88 Å². The molecule has 0 atom stereocenters. The quantitative estimate of drug-likeness (QED) is 0.530. The Morgan fingerprint density at radius 3 is 2.59 bits per heavy atom. The molecule has 1 aliphatic rings. The van der Waals surface area contributed by atoms with Crippen molar-refractivity contribution in [3.63, 3.8) is 0 Å². The van der Waals surface area contributed by atoms with E-state index in [1.54, 1.807) is 31.4 Å². The van der Waals surface area contributed by atoms with Crippen LogP contribution in [0.5, 0.6) is 17.2 Å². The average Bonchev–Trinajstić information content (AvgIpc) is 2.83. The lowest BCUT2D eigenvalue weighted by molar-refractivity contribution is 0.191. The smallest absolute Gasteiger partial charge is 0.325 e. The number of methoxy groups -OCH3 is 2. The van der Waals surface area contributed by atoms with E-state index in [2.05, 4.69) is 11.9 Å². The minimum atomic E-state index is -0.0872. The largest absolute Gasteiger partial charge is 0.496 e. The van der Waals surface area contributed by atoms with E-state index < -0.39 is 0 Å². The Morgan fingerprint density at radius 1 is 1.06 bits per heavy atom. The molecule has 8 nitrogen and oxygen atoms in total. The maximum Gasteiger partial charge on any atom is 0.325 e. The van der Waals surface area contributed by atoms with Gasteiger partial charge in [-0.15, -0.1) is 0 Å². The number of unbranched alkanes of at least 4 members (excludes halogenated alkanes) is 2. The molecule has 1 aromatic heterocycles. The lowest BCUT2D eigenvalue weighted by Crippen LogP contribution is -2.49. The second-order valence-corrected chi connectivity index (χ2v) is 7.81. The van der Waals surface area contributed by atoms with Gasteiger partial charge in [0.1, 0.15) is 11.6 Å². The van der Waals surface area contributed by atoms with Gasteiger partial charge < -0.3 is 24.8 Å². The van der Waals surface area contributed by atoms with Gasteiger partial charge in [-0.3, -0.25) is 4.90 Å². The van der Waals surface area contributed by atoms with Crippen molar-refractivity contribution in [2.45, 2.75) is 45.7 Å². The zero-order valence-electron chi connectivity index (χ0n) is 19.3. The Labute approximate surface area is 190 Å². The van der Waals surface area contributed by atoms with Crippen molar-refractivity contribution in [2.24, 2.45) is 5.73 Å². The molecule has 1 saturated heterocycles. The summed E-state index contributed by atoms with van der Waals surface area (Å²) in [4.78, 5) is 21.3. The second kappa shape index (κ2) is 11.6. The fourth-order valence-electron chi connectivity index (χ4n) is 3.76. The van der Waals surface area contributed by atoms with Gasteiger partial charge in [0.05, 0.1) is 33.6 Å². The van der Waals surface area contributed by atoms with E-state index in [1.165, 1.54) is 0 Å². The fourth-order valence-corrected chi connectivity index (χ4v) is 3.76. The summed E-state index contributed by atoms with van der Waals surface area (Å²) < 4.78 is 16.8. The predicted octanol–water partition coefficient (Wildman–Crippen LogP) is 3.96. The molecular weight excluding hydrogens is 408 g/mol. The lowest BCUT2D eigenvalue weighted by atomic mass is 10.1. The number of rotatable bonds is 11. The van der Waals surface area contributed by atoms with Crippen molar-refractivity contribution < 1.29 is 19.0 Å². The molecule has 1 fully saturated rings. The number of benzene rings is 1. The van der Waals surface area contributed by atoms with E-state index in [-0.39, 0.29) is 6.03 Å². The Bertz CT molecular complexity index is 906. The number of aromatic nitrogens is 1. The number of nitrogens with zero attached hydrogens (tertiary/aromatic N) is 3. The zero-order valence-corrected chi connectivity index (χ0v) is 19.3. The highest BCUT2D eigenvalue weighted by atomic mass is 16.5. The molecule has 2 heterocycles. The van der Waals surface area contributed by atoms with Crippen LogP contribution in [-0.4, -0.2) is 49.8 Å². The number of pyridine rings is 1. The summed E-state index contributed by atoms with van der Waals surface area (Å²) >= 11 is 0. The summed E-state index contributed by atoms with van der Waals surface area (Å²) in [6.07, 6.45) is 5.66. The van der Waals surface area contributed by atoms with E-state index in [9.17, 15) is 4.79 Å². The van der Waals surface area contributed by atoms with Crippen LogP contribution in [0.15, 0.2) is 30.5 Å². The molecule has 0 saturated carbocycles. The van der Waals surface area contributed by atoms with Crippen LogP contribution in [0.2, 0.25) is 0 Å². The van der Waals surface area contributed by atoms with E-state index in [4.69, 9.17) is 19.9 Å². The van der Waals surface area contributed by atoms with Gasteiger partial charge in [-0.25, -0.2) is 9.78 Å². The number of amides is 2. The summed E-state index contributed by atoms with van der Waals surface area (Å²) in [5, 5.41) is 0. The highest BCUT2D eigenvalue weighted by molar-refractivity contribution is 5.92. The molecule has 0 unspecified atom stereocenters. The Balaban J connectivity index is 1.76. The summed E-state index contributed by atoms with van der Waals surface area (Å²) in [5.41, 5.74) is 7.68. The van der Waals surface area contributed by atoms with Gasteiger partial charge in [-0.05, 0) is 24.5 Å². The van der Waals surface area contributed by atoms with Crippen molar-refractivity contribution in [3.05, 3.63) is 41.6 Å². The van der Waals surface area contributed by atoms with Gasteiger partial charge in [-0.2, -0.15) is 0 Å². The molecule has 174 valence electrons. The molecule has 0 spiro atoms. The summed E-state index contributed by atoms with van der Waals surface area (Å²) in [7, 11) is 3.22. The normalized spacial score (nSPS) is 13.9. The van der Waals surface area contributed by atoms with Gasteiger partial charge in [0.25, 0.3) is 0 Å². The Morgan fingerprint density at radius 2 is 1.88 bits per heavy atom. The van der Waals surface area contributed by atoms with Crippen LogP contribution < -0.4 is 24.8 Å². The maximum atomic E-state index is 13.3. The van der Waals surface area contributed by atoms with Crippen LogP contribution in [0.25, 0.3) is 0 Å². The van der Waals surface area contributed by atoms with Gasteiger partial charge in [0, 0.05) is 31.3 Å². The van der Waals surface area contributed by atoms with Crippen molar-refractivity contribution in [3.8, 4) is 17.2 Å². The molecule has 2 N–H and O–H groups in total. The number of nitrogens with two attached hydrogens (primary N) is 1. The zero-order chi connectivity index (χ0) is 22.9. The van der Waals surface area contributed by atoms with Crippen LogP contribution >= 0.6 is 0 Å². The third-order valence-electron chi connectivity index (χ3n) is 5.58. The highest BCUT2D eigenvalue weighted by Crippen LogP contribution is 2.32. The lowest BCUT2D eigenvalue weighted by Gasteiger charge is -2.35. The SMILES string of the molecule is CCCCCOc1cc(N2CCCN(Cc3ccc(CN)cc3OC)C2=O)ncc1OC. The Kier molecular flexibility index (Phi) is 8.56. The van der Waals surface area contributed by atoms with Crippen LogP contribution in [0, 0.1) is 0 Å². The minimum absolute atomic E-state index is 0.0872. The molecule has 8 heteroatoms. The van der Waals surface area contributed by atoms with Crippen molar-refractivity contribution in [2.75, 3.05) is 38.8 Å². The van der Waals surface area contributed by atoms with E-state index in [1.807, 2.05) is 23.1 Å². The van der Waals surface area contributed by atoms with Gasteiger partial charge in [0.2, 0.25) is 0 Å². The second-order valence-electron chi connectivity index (χ2n) is 7.81. The summed E-state index contributed by atoms with van der Waals surface area (Å²) in [6, 6.07) is 7.58. The van der Waals surface area contributed by atoms with Crippen LogP contribution in [0.4, 0.5) is 10.6 Å². The molecule has 1 aliphatic heterocycles. The van der Waals surface area contributed by atoms with Crippen molar-refractivity contribution >= 4 is 11.8 Å². The van der Waals surface area contributed by atoms with Crippen LogP contribution in [0.3, 0.4) is 0 Å². The Hall–Kier alpha value is -3.00. The molecular formula is C24H34N4O4. The third kappa shape index (κ3) is 5.62. The molecule has 0 aliphatic carbocycles. The molecule has 1 aromatic carbocycles.